The minimum absolute atomic E-state index is 0.283. The van der Waals surface area contributed by atoms with Gasteiger partial charge in [0, 0.05) is 12.2 Å². The fourth-order valence-electron chi connectivity index (χ4n) is 1.39. The summed E-state index contributed by atoms with van der Waals surface area (Å²) in [7, 11) is 0. The third-order valence-corrected chi connectivity index (χ3v) is 2.43. The van der Waals surface area contributed by atoms with Crippen molar-refractivity contribution in [1.82, 2.24) is 5.43 Å². The number of nitrogens with two attached hydrogens (primary N) is 1. The summed E-state index contributed by atoms with van der Waals surface area (Å²) >= 11 is 0. The molecule has 0 aromatic heterocycles. The Morgan fingerprint density at radius 3 is 2.88 bits per heavy atom. The van der Waals surface area contributed by atoms with Crippen molar-refractivity contribution in [2.45, 2.75) is 26.9 Å². The summed E-state index contributed by atoms with van der Waals surface area (Å²) in [6.45, 7) is 5.59. The number of hydrogen-bond acceptors (Lipinski definition) is 3. The van der Waals surface area contributed by atoms with Gasteiger partial charge in [-0.05, 0) is 30.0 Å². The molecular weight excluding hydrogens is 216 g/mol. The molecule has 0 atom stereocenters. The molecule has 1 rings (SSSR count). The molecule has 0 fully saturated rings. The van der Waals surface area contributed by atoms with E-state index in [2.05, 4.69) is 19.3 Å². The zero-order valence-electron chi connectivity index (χ0n) is 10.4. The standard InChI is InChI=1S/C13H20N2O2/c1-10(2)6-7-17-9-11-4-3-5-12(8-11)13(16)15-14/h3-5,8,10H,6-7,9,14H2,1-2H3,(H,15,16). The van der Waals surface area contributed by atoms with Gasteiger partial charge in [-0.1, -0.05) is 26.0 Å². The molecule has 0 radical (unpaired) electrons. The summed E-state index contributed by atoms with van der Waals surface area (Å²) in [5.41, 5.74) is 3.65. The van der Waals surface area contributed by atoms with Crippen LogP contribution >= 0.6 is 0 Å². The Bertz CT molecular complexity index is 364. The van der Waals surface area contributed by atoms with Gasteiger partial charge in [-0.3, -0.25) is 10.2 Å². The number of carbonyl (C=O) groups excluding carboxylic acids is 1. The van der Waals surface area contributed by atoms with Crippen molar-refractivity contribution in [3.8, 4) is 0 Å². The summed E-state index contributed by atoms with van der Waals surface area (Å²) < 4.78 is 5.54. The average Bonchev–Trinajstić information content (AvgIpc) is 2.34. The molecule has 17 heavy (non-hydrogen) atoms. The van der Waals surface area contributed by atoms with E-state index in [1.807, 2.05) is 12.1 Å². The molecule has 0 aliphatic carbocycles. The van der Waals surface area contributed by atoms with Gasteiger partial charge in [0.1, 0.15) is 0 Å². The molecule has 0 aliphatic rings. The lowest BCUT2D eigenvalue weighted by molar-refractivity contribution is 0.0952. The van der Waals surface area contributed by atoms with Crippen molar-refractivity contribution >= 4 is 5.91 Å². The topological polar surface area (TPSA) is 64.3 Å². The Hall–Kier alpha value is -1.39. The van der Waals surface area contributed by atoms with Gasteiger partial charge in [0.05, 0.1) is 6.61 Å². The van der Waals surface area contributed by atoms with Crippen molar-refractivity contribution in [3.05, 3.63) is 35.4 Å². The lowest BCUT2D eigenvalue weighted by Crippen LogP contribution is -2.29. The van der Waals surface area contributed by atoms with Crippen LogP contribution in [-0.4, -0.2) is 12.5 Å². The highest BCUT2D eigenvalue weighted by atomic mass is 16.5. The van der Waals surface area contributed by atoms with Crippen LogP contribution in [0.2, 0.25) is 0 Å². The number of carbonyl (C=O) groups is 1. The first kappa shape index (κ1) is 13.7. The van der Waals surface area contributed by atoms with E-state index < -0.39 is 0 Å². The predicted octanol–water partition coefficient (Wildman–Crippen LogP) is 1.85. The third-order valence-electron chi connectivity index (χ3n) is 2.43. The number of amides is 1. The summed E-state index contributed by atoms with van der Waals surface area (Å²) in [4.78, 5) is 11.3. The van der Waals surface area contributed by atoms with Crippen LogP contribution in [-0.2, 0) is 11.3 Å². The van der Waals surface area contributed by atoms with Crippen LogP contribution in [0.1, 0.15) is 36.2 Å². The Morgan fingerprint density at radius 1 is 1.47 bits per heavy atom. The molecule has 4 nitrogen and oxygen atoms in total. The van der Waals surface area contributed by atoms with E-state index in [-0.39, 0.29) is 5.91 Å². The predicted molar refractivity (Wildman–Crippen MR) is 67.2 cm³/mol. The number of benzene rings is 1. The van der Waals surface area contributed by atoms with Crippen molar-refractivity contribution in [2.24, 2.45) is 11.8 Å². The van der Waals surface area contributed by atoms with Gasteiger partial charge in [0.15, 0.2) is 0 Å². The van der Waals surface area contributed by atoms with Crippen LogP contribution in [0.25, 0.3) is 0 Å². The molecule has 1 amide bonds. The second kappa shape index (κ2) is 7.04. The highest BCUT2D eigenvalue weighted by Gasteiger charge is 2.04. The second-order valence-electron chi connectivity index (χ2n) is 4.41. The second-order valence-corrected chi connectivity index (χ2v) is 4.41. The molecule has 0 aliphatic heterocycles. The molecule has 0 saturated carbocycles. The van der Waals surface area contributed by atoms with E-state index in [0.717, 1.165) is 18.6 Å². The first-order valence-corrected chi connectivity index (χ1v) is 5.81. The molecule has 0 spiro atoms. The Kier molecular flexibility index (Phi) is 5.66. The van der Waals surface area contributed by atoms with Gasteiger partial charge in [-0.15, -0.1) is 0 Å². The maximum absolute atomic E-state index is 11.3. The van der Waals surface area contributed by atoms with E-state index in [0.29, 0.717) is 18.1 Å². The molecule has 0 bridgehead atoms. The van der Waals surface area contributed by atoms with Crippen molar-refractivity contribution in [1.29, 1.82) is 0 Å². The molecular formula is C13H20N2O2. The average molecular weight is 236 g/mol. The normalized spacial score (nSPS) is 10.6. The van der Waals surface area contributed by atoms with Crippen LogP contribution in [0.5, 0.6) is 0 Å². The van der Waals surface area contributed by atoms with Crippen LogP contribution < -0.4 is 11.3 Å². The minimum Gasteiger partial charge on any atom is -0.377 e. The van der Waals surface area contributed by atoms with Crippen molar-refractivity contribution in [2.75, 3.05) is 6.61 Å². The quantitative estimate of drug-likeness (QED) is 0.343. The van der Waals surface area contributed by atoms with Crippen LogP contribution in [0.15, 0.2) is 24.3 Å². The Balaban J connectivity index is 2.46. The molecule has 0 heterocycles. The highest BCUT2D eigenvalue weighted by Crippen LogP contribution is 2.07. The number of ether oxygens (including phenoxy) is 1. The monoisotopic (exact) mass is 236 g/mol. The van der Waals surface area contributed by atoms with Crippen molar-refractivity contribution in [3.63, 3.8) is 0 Å². The maximum Gasteiger partial charge on any atom is 0.265 e. The van der Waals surface area contributed by atoms with Crippen LogP contribution in [0.3, 0.4) is 0 Å². The zero-order valence-corrected chi connectivity index (χ0v) is 10.4. The molecule has 94 valence electrons. The number of hydrazine groups is 1. The lowest BCUT2D eigenvalue weighted by atomic mass is 10.1. The number of rotatable bonds is 6. The number of nitrogens with one attached hydrogen (secondary N) is 1. The van der Waals surface area contributed by atoms with E-state index in [1.165, 1.54) is 0 Å². The number of hydrogen-bond donors (Lipinski definition) is 2. The largest absolute Gasteiger partial charge is 0.377 e. The minimum atomic E-state index is -0.283. The fourth-order valence-corrected chi connectivity index (χ4v) is 1.39. The number of nitrogen functional groups attached to an aromatic ring is 1. The van der Waals surface area contributed by atoms with Gasteiger partial charge < -0.3 is 4.74 Å². The van der Waals surface area contributed by atoms with E-state index >= 15 is 0 Å². The summed E-state index contributed by atoms with van der Waals surface area (Å²) in [5.74, 6) is 5.44. The van der Waals surface area contributed by atoms with E-state index in [9.17, 15) is 4.79 Å². The highest BCUT2D eigenvalue weighted by molar-refractivity contribution is 5.93. The van der Waals surface area contributed by atoms with Gasteiger partial charge in [0.25, 0.3) is 5.91 Å². The summed E-state index contributed by atoms with van der Waals surface area (Å²) in [6, 6.07) is 7.27. The molecule has 0 unspecified atom stereocenters. The molecule has 1 aromatic carbocycles. The molecule has 1 aromatic rings. The van der Waals surface area contributed by atoms with Gasteiger partial charge in [-0.25, -0.2) is 5.84 Å². The van der Waals surface area contributed by atoms with Gasteiger partial charge in [0.2, 0.25) is 0 Å². The molecule has 4 heteroatoms. The SMILES string of the molecule is CC(C)CCOCc1cccc(C(=O)NN)c1. The Labute approximate surface area is 102 Å². The maximum atomic E-state index is 11.3. The van der Waals surface area contributed by atoms with Crippen LogP contribution in [0, 0.1) is 5.92 Å². The fraction of sp³-hybridized carbons (Fsp3) is 0.462. The lowest BCUT2D eigenvalue weighted by Gasteiger charge is -2.07. The summed E-state index contributed by atoms with van der Waals surface area (Å²) in [6.07, 6.45) is 1.04. The smallest absolute Gasteiger partial charge is 0.265 e. The first-order valence-electron chi connectivity index (χ1n) is 5.81. The van der Waals surface area contributed by atoms with E-state index in [1.54, 1.807) is 12.1 Å². The third kappa shape index (κ3) is 4.97. The molecule has 3 N–H and O–H groups in total. The van der Waals surface area contributed by atoms with Crippen LogP contribution in [0.4, 0.5) is 0 Å². The zero-order chi connectivity index (χ0) is 12.7. The first-order chi connectivity index (χ1) is 8.13. The van der Waals surface area contributed by atoms with Gasteiger partial charge in [-0.2, -0.15) is 0 Å². The van der Waals surface area contributed by atoms with Gasteiger partial charge >= 0.3 is 0 Å². The molecule has 0 saturated heterocycles. The van der Waals surface area contributed by atoms with Crippen molar-refractivity contribution < 1.29 is 9.53 Å². The van der Waals surface area contributed by atoms with E-state index in [4.69, 9.17) is 10.6 Å². The Morgan fingerprint density at radius 2 is 2.24 bits per heavy atom. The summed E-state index contributed by atoms with van der Waals surface area (Å²) in [5, 5.41) is 0.